The molecule has 3 atom stereocenters. The average molecular weight is 241 g/mol. The molecule has 1 rings (SSSR count). The van der Waals surface area contributed by atoms with Crippen molar-refractivity contribution in [2.75, 3.05) is 6.54 Å². The zero-order chi connectivity index (χ0) is 13.0. The van der Waals surface area contributed by atoms with Gasteiger partial charge in [0, 0.05) is 18.5 Å². The molecule has 0 aromatic carbocycles. The van der Waals surface area contributed by atoms with Gasteiger partial charge in [-0.1, -0.05) is 20.8 Å². The van der Waals surface area contributed by atoms with Gasteiger partial charge in [0.15, 0.2) is 0 Å². The minimum absolute atomic E-state index is 0.0876. The highest BCUT2D eigenvalue weighted by atomic mass is 16.3. The first-order chi connectivity index (χ1) is 7.93. The van der Waals surface area contributed by atoms with E-state index in [0.717, 1.165) is 25.8 Å². The molecule has 0 aliphatic carbocycles. The molecule has 1 amide bonds. The molecular formula is C14H27NO2. The van der Waals surface area contributed by atoms with Crippen molar-refractivity contribution in [2.45, 2.75) is 65.5 Å². The molecule has 100 valence electrons. The van der Waals surface area contributed by atoms with E-state index in [9.17, 15) is 9.90 Å². The molecule has 0 bridgehead atoms. The van der Waals surface area contributed by atoms with E-state index < -0.39 is 0 Å². The van der Waals surface area contributed by atoms with Crippen molar-refractivity contribution >= 4 is 5.91 Å². The van der Waals surface area contributed by atoms with Crippen molar-refractivity contribution in [3.8, 4) is 0 Å². The van der Waals surface area contributed by atoms with Crippen LogP contribution in [0.2, 0.25) is 0 Å². The van der Waals surface area contributed by atoms with E-state index in [1.165, 1.54) is 6.42 Å². The van der Waals surface area contributed by atoms with Crippen LogP contribution in [-0.2, 0) is 4.79 Å². The van der Waals surface area contributed by atoms with Crippen molar-refractivity contribution in [1.29, 1.82) is 0 Å². The first kappa shape index (κ1) is 14.5. The maximum atomic E-state index is 12.4. The second-order valence-electron chi connectivity index (χ2n) is 5.80. The van der Waals surface area contributed by atoms with E-state index in [2.05, 4.69) is 13.8 Å². The van der Waals surface area contributed by atoms with Crippen molar-refractivity contribution in [3.63, 3.8) is 0 Å². The van der Waals surface area contributed by atoms with Crippen LogP contribution in [0.25, 0.3) is 0 Å². The third kappa shape index (κ3) is 3.98. The molecule has 0 aromatic rings. The normalized spacial score (nSPS) is 24.8. The number of carbonyl (C=O) groups is 1. The summed E-state index contributed by atoms with van der Waals surface area (Å²) in [6.07, 6.45) is 3.73. The SMILES string of the molecule is CC(O)CC1CCCCN1C(=O)C(C)C(C)C. The van der Waals surface area contributed by atoms with Gasteiger partial charge in [0.2, 0.25) is 5.91 Å². The molecule has 17 heavy (non-hydrogen) atoms. The van der Waals surface area contributed by atoms with E-state index in [0.29, 0.717) is 5.92 Å². The lowest BCUT2D eigenvalue weighted by Crippen LogP contribution is -2.47. The predicted molar refractivity (Wildman–Crippen MR) is 69.7 cm³/mol. The van der Waals surface area contributed by atoms with Gasteiger partial charge in [-0.2, -0.15) is 0 Å². The van der Waals surface area contributed by atoms with Gasteiger partial charge >= 0.3 is 0 Å². The average Bonchev–Trinajstić information content (AvgIpc) is 2.27. The summed E-state index contributed by atoms with van der Waals surface area (Å²) in [5.41, 5.74) is 0. The maximum Gasteiger partial charge on any atom is 0.225 e. The molecule has 0 saturated carbocycles. The number of piperidine rings is 1. The van der Waals surface area contributed by atoms with Gasteiger partial charge in [-0.05, 0) is 38.5 Å². The highest BCUT2D eigenvalue weighted by molar-refractivity contribution is 5.79. The summed E-state index contributed by atoms with van der Waals surface area (Å²) in [6, 6.07) is 0.248. The number of carbonyl (C=O) groups excluding carboxylic acids is 1. The number of aliphatic hydroxyl groups excluding tert-OH is 1. The first-order valence-electron chi connectivity index (χ1n) is 6.92. The van der Waals surface area contributed by atoms with Gasteiger partial charge in [-0.25, -0.2) is 0 Å². The van der Waals surface area contributed by atoms with Gasteiger partial charge in [0.1, 0.15) is 0 Å². The molecule has 1 aliphatic rings. The first-order valence-corrected chi connectivity index (χ1v) is 6.92. The van der Waals surface area contributed by atoms with Gasteiger partial charge in [-0.3, -0.25) is 4.79 Å². The summed E-state index contributed by atoms with van der Waals surface area (Å²) in [7, 11) is 0. The highest BCUT2D eigenvalue weighted by Gasteiger charge is 2.31. The van der Waals surface area contributed by atoms with Crippen molar-refractivity contribution in [3.05, 3.63) is 0 Å². The Balaban J connectivity index is 2.67. The summed E-state index contributed by atoms with van der Waals surface area (Å²) in [6.45, 7) is 8.88. The fraction of sp³-hybridized carbons (Fsp3) is 0.929. The Hall–Kier alpha value is -0.570. The molecule has 3 nitrogen and oxygen atoms in total. The maximum absolute atomic E-state index is 12.4. The fourth-order valence-corrected chi connectivity index (χ4v) is 2.48. The number of likely N-dealkylation sites (tertiary alicyclic amines) is 1. The number of aliphatic hydroxyl groups is 1. The summed E-state index contributed by atoms with van der Waals surface area (Å²) in [5, 5.41) is 9.51. The number of hydrogen-bond donors (Lipinski definition) is 1. The smallest absolute Gasteiger partial charge is 0.225 e. The van der Waals surface area contributed by atoms with Gasteiger partial charge in [0.05, 0.1) is 6.10 Å². The topological polar surface area (TPSA) is 40.5 Å². The Morgan fingerprint density at radius 3 is 2.47 bits per heavy atom. The quantitative estimate of drug-likeness (QED) is 0.821. The molecular weight excluding hydrogens is 214 g/mol. The lowest BCUT2D eigenvalue weighted by molar-refractivity contribution is -0.140. The summed E-state index contributed by atoms with van der Waals surface area (Å²) >= 11 is 0. The Kier molecular flexibility index (Phi) is 5.44. The standard InChI is InChI=1S/C14H27NO2/c1-10(2)12(4)14(17)15-8-6-5-7-13(15)9-11(3)16/h10-13,16H,5-9H2,1-4H3. The van der Waals surface area contributed by atoms with Gasteiger partial charge in [0.25, 0.3) is 0 Å². The molecule has 1 aliphatic heterocycles. The number of hydrogen-bond acceptors (Lipinski definition) is 2. The van der Waals surface area contributed by atoms with Crippen LogP contribution in [0.3, 0.4) is 0 Å². The third-order valence-corrected chi connectivity index (χ3v) is 3.91. The van der Waals surface area contributed by atoms with Crippen molar-refractivity contribution < 1.29 is 9.90 Å². The lowest BCUT2D eigenvalue weighted by atomic mass is 9.92. The Bertz CT molecular complexity index is 251. The Morgan fingerprint density at radius 1 is 1.29 bits per heavy atom. The van der Waals surface area contributed by atoms with Crippen LogP contribution in [0.5, 0.6) is 0 Å². The van der Waals surface area contributed by atoms with Crippen LogP contribution >= 0.6 is 0 Å². The van der Waals surface area contributed by atoms with Crippen LogP contribution < -0.4 is 0 Å². The number of rotatable bonds is 4. The molecule has 1 heterocycles. The van der Waals surface area contributed by atoms with E-state index >= 15 is 0 Å². The molecule has 1 fully saturated rings. The van der Waals surface area contributed by atoms with Crippen LogP contribution in [-0.4, -0.2) is 34.6 Å². The molecule has 3 unspecified atom stereocenters. The van der Waals surface area contributed by atoms with Crippen LogP contribution in [0.15, 0.2) is 0 Å². The predicted octanol–water partition coefficient (Wildman–Crippen LogP) is 2.43. The zero-order valence-electron chi connectivity index (χ0n) is 11.6. The zero-order valence-corrected chi connectivity index (χ0v) is 11.6. The second kappa shape index (κ2) is 6.39. The van der Waals surface area contributed by atoms with E-state index in [1.807, 2.05) is 18.7 Å². The largest absolute Gasteiger partial charge is 0.393 e. The minimum Gasteiger partial charge on any atom is -0.393 e. The Labute approximate surface area is 105 Å². The van der Waals surface area contributed by atoms with E-state index in [-0.39, 0.29) is 24.0 Å². The monoisotopic (exact) mass is 241 g/mol. The van der Waals surface area contributed by atoms with Crippen LogP contribution in [0.4, 0.5) is 0 Å². The number of amides is 1. The third-order valence-electron chi connectivity index (χ3n) is 3.91. The van der Waals surface area contributed by atoms with Crippen molar-refractivity contribution in [2.24, 2.45) is 11.8 Å². The summed E-state index contributed by atoms with van der Waals surface area (Å²) in [4.78, 5) is 14.4. The molecule has 1 N–H and O–H groups in total. The second-order valence-corrected chi connectivity index (χ2v) is 5.80. The highest BCUT2D eigenvalue weighted by Crippen LogP contribution is 2.24. The van der Waals surface area contributed by atoms with Gasteiger partial charge < -0.3 is 10.0 Å². The molecule has 0 aromatic heterocycles. The van der Waals surface area contributed by atoms with Crippen LogP contribution in [0, 0.1) is 11.8 Å². The Morgan fingerprint density at radius 2 is 1.94 bits per heavy atom. The fourth-order valence-electron chi connectivity index (χ4n) is 2.48. The van der Waals surface area contributed by atoms with E-state index in [4.69, 9.17) is 0 Å². The molecule has 0 spiro atoms. The molecule has 1 saturated heterocycles. The number of nitrogens with zero attached hydrogens (tertiary/aromatic N) is 1. The van der Waals surface area contributed by atoms with E-state index in [1.54, 1.807) is 0 Å². The van der Waals surface area contributed by atoms with Crippen molar-refractivity contribution in [1.82, 2.24) is 4.90 Å². The summed E-state index contributed by atoms with van der Waals surface area (Å²) < 4.78 is 0. The van der Waals surface area contributed by atoms with Crippen LogP contribution in [0.1, 0.15) is 53.4 Å². The minimum atomic E-state index is -0.317. The molecule has 0 radical (unpaired) electrons. The molecule has 3 heteroatoms. The lowest BCUT2D eigenvalue weighted by Gasteiger charge is -2.38. The summed E-state index contributed by atoms with van der Waals surface area (Å²) in [5.74, 6) is 0.742. The van der Waals surface area contributed by atoms with Gasteiger partial charge in [-0.15, -0.1) is 0 Å².